The molecule has 5 rings (SSSR count). The van der Waals surface area contributed by atoms with E-state index < -0.39 is 41.8 Å². The summed E-state index contributed by atoms with van der Waals surface area (Å²) in [5.41, 5.74) is 5.88. The first-order valence-electron chi connectivity index (χ1n) is 13.6. The topological polar surface area (TPSA) is 160 Å². The summed E-state index contributed by atoms with van der Waals surface area (Å²) in [5, 5.41) is 3.25. The lowest BCUT2D eigenvalue weighted by Crippen LogP contribution is -2.55. The van der Waals surface area contributed by atoms with Gasteiger partial charge in [-0.05, 0) is 50.6 Å². The first kappa shape index (κ1) is 29.8. The van der Waals surface area contributed by atoms with E-state index in [-0.39, 0.29) is 42.0 Å². The van der Waals surface area contributed by atoms with Crippen LogP contribution < -0.4 is 15.8 Å². The molecule has 1 saturated heterocycles. The van der Waals surface area contributed by atoms with Crippen LogP contribution in [-0.4, -0.2) is 69.5 Å². The zero-order chi connectivity index (χ0) is 30.9. The second-order valence-electron chi connectivity index (χ2n) is 11.2. The molecular weight excluding hydrogens is 576 g/mol. The van der Waals surface area contributed by atoms with Crippen LogP contribution in [0.4, 0.5) is 4.79 Å². The zero-order valence-corrected chi connectivity index (χ0v) is 24.6. The van der Waals surface area contributed by atoms with E-state index in [2.05, 4.69) is 10.3 Å². The molecule has 1 aromatic heterocycles. The lowest BCUT2D eigenvalue weighted by Gasteiger charge is -2.35. The van der Waals surface area contributed by atoms with E-state index in [1.54, 1.807) is 30.3 Å². The number of amidine groups is 1. The molecule has 224 valence electrons. The van der Waals surface area contributed by atoms with Crippen molar-refractivity contribution in [1.29, 1.82) is 0 Å². The molecule has 0 spiro atoms. The number of piperazine rings is 1. The molecule has 3 heterocycles. The van der Waals surface area contributed by atoms with Gasteiger partial charge in [-0.2, -0.15) is 0 Å². The number of amides is 4. The number of halogens is 1. The number of nitrogens with one attached hydrogen (secondary N) is 1. The van der Waals surface area contributed by atoms with Gasteiger partial charge in [0.2, 0.25) is 17.7 Å². The first-order valence-corrected chi connectivity index (χ1v) is 14.0. The van der Waals surface area contributed by atoms with Crippen LogP contribution in [0.25, 0.3) is 0 Å². The highest BCUT2D eigenvalue weighted by Crippen LogP contribution is 2.45. The number of ether oxygens (including phenoxy) is 1. The van der Waals surface area contributed by atoms with Crippen LogP contribution in [0.2, 0.25) is 5.02 Å². The predicted molar refractivity (Wildman–Crippen MR) is 157 cm³/mol. The summed E-state index contributed by atoms with van der Waals surface area (Å²) >= 11 is 6.20. The fourth-order valence-corrected chi connectivity index (χ4v) is 5.14. The summed E-state index contributed by atoms with van der Waals surface area (Å²) in [6.45, 7) is 5.98. The number of nitrogens with zero attached hydrogens (tertiary/aromatic N) is 4. The molecule has 13 heteroatoms. The number of urea groups is 1. The Morgan fingerprint density at radius 2 is 1.91 bits per heavy atom. The number of benzene rings is 2. The van der Waals surface area contributed by atoms with Crippen LogP contribution >= 0.6 is 11.6 Å². The number of hydrogen-bond acceptors (Lipinski definition) is 8. The zero-order valence-electron chi connectivity index (χ0n) is 23.9. The fraction of sp³-hybridized carbons (Fsp3) is 0.333. The molecule has 0 saturated carbocycles. The highest BCUT2D eigenvalue weighted by molar-refractivity contribution is 6.30. The smallest absolute Gasteiger partial charge is 0.326 e. The Labute approximate surface area is 252 Å². The number of ketones is 1. The molecule has 2 aliphatic rings. The van der Waals surface area contributed by atoms with Crippen LogP contribution in [0.3, 0.4) is 0 Å². The maximum Gasteiger partial charge on any atom is 0.326 e. The van der Waals surface area contributed by atoms with Crippen LogP contribution in [0.15, 0.2) is 64.3 Å². The molecule has 0 aliphatic carbocycles. The minimum atomic E-state index is -0.771. The van der Waals surface area contributed by atoms with Gasteiger partial charge in [0, 0.05) is 23.7 Å². The van der Waals surface area contributed by atoms with Gasteiger partial charge in [-0.1, -0.05) is 29.8 Å². The summed E-state index contributed by atoms with van der Waals surface area (Å²) in [6, 6.07) is 9.72. The summed E-state index contributed by atoms with van der Waals surface area (Å²) in [5.74, 6) is -0.745. The largest absolute Gasteiger partial charge is 0.487 e. The van der Waals surface area contributed by atoms with Crippen molar-refractivity contribution in [2.45, 2.75) is 44.9 Å². The van der Waals surface area contributed by atoms with Crippen molar-refractivity contribution in [3.63, 3.8) is 0 Å². The molecule has 12 nitrogen and oxygen atoms in total. The first-order chi connectivity index (χ1) is 20.4. The molecular formula is C30H31ClN6O6. The predicted octanol–water partition coefficient (Wildman–Crippen LogP) is 3.66. The van der Waals surface area contributed by atoms with E-state index in [0.717, 1.165) is 0 Å². The van der Waals surface area contributed by atoms with E-state index in [9.17, 15) is 19.2 Å². The van der Waals surface area contributed by atoms with Gasteiger partial charge in [0.15, 0.2) is 11.8 Å². The van der Waals surface area contributed by atoms with E-state index in [4.69, 9.17) is 31.5 Å². The van der Waals surface area contributed by atoms with E-state index in [1.807, 2.05) is 20.8 Å². The number of carbonyl (C=O) groups excluding carboxylic acids is 4. The Kier molecular flexibility index (Phi) is 8.23. The standard InChI is InChI=1S/C30H31ClN6O6/c1-30(2,3)43-22-14-18(21(38)15-23(32)39)6-9-20(22)27-35-25(28-34-11-13-42-28)26(17-4-7-19(31)8-5-17)37(27)29(41)36-12-10-33-24(40)16-36/h4-9,11,13-14,25-26H,10,12,15-16H2,1-3H3,(H2,32,39)(H,33,40). The van der Waals surface area contributed by atoms with Crippen molar-refractivity contribution in [2.75, 3.05) is 19.6 Å². The summed E-state index contributed by atoms with van der Waals surface area (Å²) in [4.78, 5) is 63.1. The molecule has 0 radical (unpaired) electrons. The number of aromatic nitrogens is 1. The van der Waals surface area contributed by atoms with Crippen LogP contribution in [0.5, 0.6) is 5.75 Å². The number of hydrogen-bond donors (Lipinski definition) is 2. The highest BCUT2D eigenvalue weighted by Gasteiger charge is 2.47. The maximum absolute atomic E-state index is 14.4. The molecule has 0 bridgehead atoms. The normalized spacial score (nSPS) is 18.7. The van der Waals surface area contributed by atoms with Crippen molar-refractivity contribution < 1.29 is 28.3 Å². The third kappa shape index (κ3) is 6.54. The fourth-order valence-electron chi connectivity index (χ4n) is 5.02. The van der Waals surface area contributed by atoms with Crippen LogP contribution in [0, 0.1) is 0 Å². The van der Waals surface area contributed by atoms with Gasteiger partial charge in [-0.15, -0.1) is 0 Å². The number of carbonyl (C=O) groups is 4. The number of aliphatic imine (C=N–C) groups is 1. The summed E-state index contributed by atoms with van der Waals surface area (Å²) in [6.07, 6.45) is 2.45. The third-order valence-electron chi connectivity index (χ3n) is 6.79. The average molecular weight is 607 g/mol. The van der Waals surface area contributed by atoms with Gasteiger partial charge in [0.05, 0.1) is 24.2 Å². The summed E-state index contributed by atoms with van der Waals surface area (Å²) in [7, 11) is 0. The second-order valence-corrected chi connectivity index (χ2v) is 11.6. The molecule has 1 fully saturated rings. The van der Waals surface area contributed by atoms with E-state index in [1.165, 1.54) is 34.4 Å². The summed E-state index contributed by atoms with van der Waals surface area (Å²) < 4.78 is 12.0. The number of oxazole rings is 1. The van der Waals surface area contributed by atoms with Gasteiger partial charge in [-0.3, -0.25) is 24.3 Å². The molecule has 2 unspecified atom stereocenters. The molecule has 3 N–H and O–H groups in total. The highest BCUT2D eigenvalue weighted by atomic mass is 35.5. The molecule has 2 aromatic carbocycles. The quantitative estimate of drug-likeness (QED) is 0.306. The van der Waals surface area contributed by atoms with Crippen molar-refractivity contribution in [2.24, 2.45) is 10.7 Å². The van der Waals surface area contributed by atoms with Gasteiger partial charge in [-0.25, -0.2) is 9.78 Å². The minimum Gasteiger partial charge on any atom is -0.487 e. The van der Waals surface area contributed by atoms with Crippen molar-refractivity contribution in [3.05, 3.63) is 82.5 Å². The van der Waals surface area contributed by atoms with Crippen LogP contribution in [-0.2, 0) is 9.59 Å². The number of Topliss-reactive ketones (excluding diaryl/α,β-unsaturated/α-hetero) is 1. The van der Waals surface area contributed by atoms with Crippen molar-refractivity contribution >= 4 is 41.1 Å². The van der Waals surface area contributed by atoms with Gasteiger partial charge >= 0.3 is 6.03 Å². The van der Waals surface area contributed by atoms with Gasteiger partial charge in [0.25, 0.3) is 0 Å². The number of rotatable bonds is 7. The molecule has 2 aliphatic heterocycles. The second kappa shape index (κ2) is 11.9. The van der Waals surface area contributed by atoms with Crippen LogP contribution in [0.1, 0.15) is 66.7 Å². The van der Waals surface area contributed by atoms with Crippen molar-refractivity contribution in [3.8, 4) is 5.75 Å². The third-order valence-corrected chi connectivity index (χ3v) is 7.05. The van der Waals surface area contributed by atoms with Crippen molar-refractivity contribution in [1.82, 2.24) is 20.1 Å². The Balaban J connectivity index is 1.69. The molecule has 4 amide bonds. The monoisotopic (exact) mass is 606 g/mol. The molecule has 2 atom stereocenters. The number of primary amides is 1. The Hall–Kier alpha value is -4.71. The van der Waals surface area contributed by atoms with Gasteiger partial charge < -0.3 is 25.1 Å². The SMILES string of the molecule is CC(C)(C)Oc1cc(C(=O)CC(N)=O)ccc1C1=NC(c2ncco2)C(c2ccc(Cl)cc2)N1C(=O)N1CCNC(=O)C1. The Morgan fingerprint density at radius 1 is 1.16 bits per heavy atom. The maximum atomic E-state index is 14.4. The minimum absolute atomic E-state index is 0.133. The number of nitrogens with two attached hydrogens (primary N) is 1. The Bertz CT molecular complexity index is 1580. The van der Waals surface area contributed by atoms with E-state index in [0.29, 0.717) is 22.7 Å². The van der Waals surface area contributed by atoms with Gasteiger partial charge in [0.1, 0.15) is 30.0 Å². The average Bonchev–Trinajstić information content (AvgIpc) is 3.60. The molecule has 43 heavy (non-hydrogen) atoms. The Morgan fingerprint density at radius 3 is 2.53 bits per heavy atom. The lowest BCUT2D eigenvalue weighted by molar-refractivity contribution is -0.123. The lowest BCUT2D eigenvalue weighted by atomic mass is 9.98. The molecule has 3 aromatic rings. The van der Waals surface area contributed by atoms with E-state index >= 15 is 0 Å².